The molecule has 3 nitrogen and oxygen atoms in total. The zero-order valence-electron chi connectivity index (χ0n) is 10.6. The lowest BCUT2D eigenvalue weighted by Gasteiger charge is -2.18. The molecule has 0 saturated heterocycles. The topological polar surface area (TPSA) is 54.4 Å². The van der Waals surface area contributed by atoms with Gasteiger partial charge in [0.05, 0.1) is 0 Å². The molecule has 94 valence electrons. The van der Waals surface area contributed by atoms with Gasteiger partial charge in [-0.2, -0.15) is 0 Å². The highest BCUT2D eigenvalue weighted by molar-refractivity contribution is 6.26. The van der Waals surface area contributed by atoms with Crippen molar-refractivity contribution in [2.75, 3.05) is 0 Å². The van der Waals surface area contributed by atoms with Crippen LogP contribution < -0.4 is 0 Å². The first-order valence-corrected chi connectivity index (χ1v) is 6.19. The first-order chi connectivity index (χ1) is 8.57. The van der Waals surface area contributed by atoms with Crippen LogP contribution in [0.4, 0.5) is 0 Å². The van der Waals surface area contributed by atoms with Crippen molar-refractivity contribution in [1.29, 1.82) is 0 Å². The Morgan fingerprint density at radius 2 is 1.89 bits per heavy atom. The molecule has 1 aromatic carbocycles. The molecule has 0 atom stereocenters. The van der Waals surface area contributed by atoms with Crippen LogP contribution in [0.2, 0.25) is 0 Å². The van der Waals surface area contributed by atoms with Crippen LogP contribution in [0.5, 0.6) is 0 Å². The van der Waals surface area contributed by atoms with Gasteiger partial charge in [-0.15, -0.1) is 0 Å². The minimum atomic E-state index is -0.422. The number of aliphatic hydroxyl groups is 1. The molecular weight excluding hydrogens is 228 g/mol. The average Bonchev–Trinajstić information content (AvgIpc) is 2.40. The van der Waals surface area contributed by atoms with Crippen LogP contribution in [0, 0.1) is 0 Å². The van der Waals surface area contributed by atoms with E-state index in [2.05, 4.69) is 6.92 Å². The van der Waals surface area contributed by atoms with Gasteiger partial charge in [0.2, 0.25) is 5.78 Å². The van der Waals surface area contributed by atoms with Gasteiger partial charge in [0.25, 0.3) is 0 Å². The molecule has 0 saturated carbocycles. The van der Waals surface area contributed by atoms with Crippen molar-refractivity contribution >= 4 is 11.6 Å². The first kappa shape index (κ1) is 12.6. The van der Waals surface area contributed by atoms with Crippen molar-refractivity contribution in [3.8, 4) is 0 Å². The second kappa shape index (κ2) is 4.77. The van der Waals surface area contributed by atoms with E-state index in [1.165, 1.54) is 6.92 Å². The Balaban J connectivity index is 2.56. The number of carbonyl (C=O) groups excluding carboxylic acids is 2. The number of ketones is 2. The van der Waals surface area contributed by atoms with E-state index in [4.69, 9.17) is 0 Å². The van der Waals surface area contributed by atoms with Crippen molar-refractivity contribution in [3.63, 3.8) is 0 Å². The molecule has 18 heavy (non-hydrogen) atoms. The molecular formula is C15H16O3. The number of unbranched alkanes of at least 4 members (excludes halogenated alkanes) is 1. The van der Waals surface area contributed by atoms with Crippen LogP contribution in [0.1, 0.15) is 53.0 Å². The fraction of sp³-hybridized carbons (Fsp3) is 0.333. The molecule has 2 rings (SSSR count). The molecule has 0 aliphatic heterocycles. The fourth-order valence-electron chi connectivity index (χ4n) is 2.23. The standard InChI is InChI=1S/C15H16O3/c1-3-4-6-10-7-5-8-11-12(10)15(18)14(17)9(2)13(11)16/h5,7-8,17H,3-4,6H2,1-2H3. The third kappa shape index (κ3) is 1.86. The van der Waals surface area contributed by atoms with Crippen LogP contribution >= 0.6 is 0 Å². The van der Waals surface area contributed by atoms with E-state index in [-0.39, 0.29) is 11.4 Å². The van der Waals surface area contributed by atoms with Crippen LogP contribution in [-0.4, -0.2) is 16.7 Å². The van der Waals surface area contributed by atoms with Crippen molar-refractivity contribution in [2.24, 2.45) is 0 Å². The zero-order valence-corrected chi connectivity index (χ0v) is 10.6. The van der Waals surface area contributed by atoms with Crippen LogP contribution in [0.3, 0.4) is 0 Å². The van der Waals surface area contributed by atoms with Crippen molar-refractivity contribution < 1.29 is 14.7 Å². The van der Waals surface area contributed by atoms with E-state index in [0.717, 1.165) is 24.8 Å². The summed E-state index contributed by atoms with van der Waals surface area (Å²) in [7, 11) is 0. The zero-order chi connectivity index (χ0) is 13.3. The number of benzene rings is 1. The van der Waals surface area contributed by atoms with Gasteiger partial charge in [-0.3, -0.25) is 9.59 Å². The summed E-state index contributed by atoms with van der Waals surface area (Å²) < 4.78 is 0. The Morgan fingerprint density at radius 3 is 2.56 bits per heavy atom. The maximum Gasteiger partial charge on any atom is 0.228 e. The number of rotatable bonds is 3. The highest BCUT2D eigenvalue weighted by Crippen LogP contribution is 2.28. The molecule has 0 spiro atoms. The van der Waals surface area contributed by atoms with E-state index >= 15 is 0 Å². The van der Waals surface area contributed by atoms with E-state index in [9.17, 15) is 14.7 Å². The summed E-state index contributed by atoms with van der Waals surface area (Å²) >= 11 is 0. The van der Waals surface area contributed by atoms with Gasteiger partial charge in [-0.25, -0.2) is 0 Å². The highest BCUT2D eigenvalue weighted by Gasteiger charge is 2.31. The molecule has 1 N–H and O–H groups in total. The Labute approximate surface area is 106 Å². The average molecular weight is 244 g/mol. The van der Waals surface area contributed by atoms with E-state index in [1.54, 1.807) is 12.1 Å². The molecule has 1 aromatic rings. The van der Waals surface area contributed by atoms with E-state index in [0.29, 0.717) is 11.1 Å². The summed E-state index contributed by atoms with van der Waals surface area (Å²) in [5.41, 5.74) is 1.80. The lowest BCUT2D eigenvalue weighted by Crippen LogP contribution is -2.22. The number of fused-ring (bicyclic) bond motifs is 1. The first-order valence-electron chi connectivity index (χ1n) is 6.19. The Hall–Kier alpha value is -1.90. The molecule has 0 heterocycles. The summed E-state index contributed by atoms with van der Waals surface area (Å²) in [4.78, 5) is 24.1. The monoisotopic (exact) mass is 244 g/mol. The summed E-state index contributed by atoms with van der Waals surface area (Å²) in [6.45, 7) is 3.56. The van der Waals surface area contributed by atoms with Crippen LogP contribution in [0.15, 0.2) is 29.5 Å². The largest absolute Gasteiger partial charge is 0.504 e. The third-order valence-corrected chi connectivity index (χ3v) is 3.33. The highest BCUT2D eigenvalue weighted by atomic mass is 16.3. The number of hydrogen-bond acceptors (Lipinski definition) is 3. The number of aliphatic hydroxyl groups excluding tert-OH is 1. The molecule has 1 aliphatic carbocycles. The van der Waals surface area contributed by atoms with Crippen LogP contribution in [-0.2, 0) is 6.42 Å². The second-order valence-electron chi connectivity index (χ2n) is 4.58. The van der Waals surface area contributed by atoms with Gasteiger partial charge in [-0.1, -0.05) is 31.5 Å². The predicted octanol–water partition coefficient (Wildman–Crippen LogP) is 3.24. The van der Waals surface area contributed by atoms with E-state index < -0.39 is 11.5 Å². The van der Waals surface area contributed by atoms with Gasteiger partial charge in [0.1, 0.15) is 0 Å². The van der Waals surface area contributed by atoms with Crippen molar-refractivity contribution in [3.05, 3.63) is 46.2 Å². The lowest BCUT2D eigenvalue weighted by atomic mass is 9.84. The molecule has 0 bridgehead atoms. The quantitative estimate of drug-likeness (QED) is 0.888. The Bertz CT molecular complexity index is 553. The van der Waals surface area contributed by atoms with Gasteiger partial charge in [-0.05, 0) is 25.3 Å². The minimum Gasteiger partial charge on any atom is -0.504 e. The number of Topliss-reactive ketones (excluding diaryl/α,β-unsaturated/α-hetero) is 2. The summed E-state index contributed by atoms with van der Waals surface area (Å²) in [6, 6.07) is 5.30. The Kier molecular flexibility index (Phi) is 3.32. The smallest absolute Gasteiger partial charge is 0.228 e. The molecule has 1 aliphatic rings. The van der Waals surface area contributed by atoms with Gasteiger partial charge in [0.15, 0.2) is 11.5 Å². The summed E-state index contributed by atoms with van der Waals surface area (Å²) in [6.07, 6.45) is 2.74. The fourth-order valence-corrected chi connectivity index (χ4v) is 2.23. The predicted molar refractivity (Wildman–Crippen MR) is 69.0 cm³/mol. The Morgan fingerprint density at radius 1 is 1.17 bits per heavy atom. The van der Waals surface area contributed by atoms with Crippen LogP contribution in [0.25, 0.3) is 0 Å². The SMILES string of the molecule is CCCCc1cccc2c1C(=O)C(O)=C(C)C2=O. The number of allylic oxidation sites excluding steroid dienone is 2. The van der Waals surface area contributed by atoms with Crippen molar-refractivity contribution in [2.45, 2.75) is 33.1 Å². The van der Waals surface area contributed by atoms with Gasteiger partial charge >= 0.3 is 0 Å². The van der Waals surface area contributed by atoms with Gasteiger partial charge < -0.3 is 5.11 Å². The molecule has 0 fully saturated rings. The number of carbonyl (C=O) groups is 2. The number of aryl methyl sites for hydroxylation is 1. The second-order valence-corrected chi connectivity index (χ2v) is 4.58. The van der Waals surface area contributed by atoms with E-state index in [1.807, 2.05) is 6.07 Å². The van der Waals surface area contributed by atoms with Gasteiger partial charge in [0, 0.05) is 16.7 Å². The van der Waals surface area contributed by atoms with Crippen molar-refractivity contribution in [1.82, 2.24) is 0 Å². The molecule has 0 amide bonds. The molecule has 0 unspecified atom stereocenters. The molecule has 0 aromatic heterocycles. The third-order valence-electron chi connectivity index (χ3n) is 3.33. The maximum atomic E-state index is 12.1. The lowest BCUT2D eigenvalue weighted by molar-refractivity contribution is 0.0928. The maximum absolute atomic E-state index is 12.1. The molecule has 3 heteroatoms. The normalized spacial score (nSPS) is 15.0. The number of hydrogen-bond donors (Lipinski definition) is 1. The summed E-state index contributed by atoms with van der Waals surface area (Å²) in [5.74, 6) is -1.08. The minimum absolute atomic E-state index is 0.139. The summed E-state index contributed by atoms with van der Waals surface area (Å²) in [5, 5.41) is 9.72. The molecule has 0 radical (unpaired) electrons.